The third-order valence-electron chi connectivity index (χ3n) is 3.94. The molecule has 1 N–H and O–H groups in total. The molecule has 1 aromatic carbocycles. The van der Waals surface area contributed by atoms with Gasteiger partial charge in [-0.2, -0.15) is 0 Å². The molecule has 0 spiro atoms. The van der Waals surface area contributed by atoms with Gasteiger partial charge in [0.25, 0.3) is 5.91 Å². The predicted octanol–water partition coefficient (Wildman–Crippen LogP) is 1.74. The molecule has 1 aliphatic heterocycles. The Labute approximate surface area is 142 Å². The topological polar surface area (TPSA) is 75.7 Å². The second-order valence-electron chi connectivity index (χ2n) is 6.26. The van der Waals surface area contributed by atoms with Gasteiger partial charge in [-0.1, -0.05) is 32.0 Å². The Kier molecular flexibility index (Phi) is 5.95. The van der Waals surface area contributed by atoms with Crippen LogP contribution >= 0.6 is 0 Å². The summed E-state index contributed by atoms with van der Waals surface area (Å²) >= 11 is 0. The largest absolute Gasteiger partial charge is 0.465 e. The van der Waals surface area contributed by atoms with E-state index in [1.54, 1.807) is 17.9 Å². The van der Waals surface area contributed by atoms with Gasteiger partial charge in [-0.15, -0.1) is 0 Å². The van der Waals surface area contributed by atoms with Crippen LogP contribution in [0.5, 0.6) is 0 Å². The Morgan fingerprint density at radius 1 is 1.29 bits per heavy atom. The summed E-state index contributed by atoms with van der Waals surface area (Å²) in [6.07, 6.45) is 0.536. The number of fused-ring (bicyclic) bond motifs is 1. The molecule has 0 aromatic heterocycles. The van der Waals surface area contributed by atoms with Crippen LogP contribution in [-0.4, -0.2) is 41.9 Å². The number of esters is 1. The van der Waals surface area contributed by atoms with Crippen molar-refractivity contribution in [3.63, 3.8) is 0 Å². The number of rotatable bonds is 7. The molecule has 1 unspecified atom stereocenters. The fourth-order valence-corrected chi connectivity index (χ4v) is 2.84. The number of amides is 2. The number of benzene rings is 1. The Morgan fingerprint density at radius 3 is 2.62 bits per heavy atom. The summed E-state index contributed by atoms with van der Waals surface area (Å²) in [5.74, 6) is -0.703. The minimum Gasteiger partial charge on any atom is -0.465 e. The summed E-state index contributed by atoms with van der Waals surface area (Å²) < 4.78 is 4.82. The monoisotopic (exact) mass is 332 g/mol. The van der Waals surface area contributed by atoms with Crippen molar-refractivity contribution < 1.29 is 19.1 Å². The zero-order valence-corrected chi connectivity index (χ0v) is 14.4. The van der Waals surface area contributed by atoms with Gasteiger partial charge >= 0.3 is 5.97 Å². The highest BCUT2D eigenvalue weighted by Gasteiger charge is 2.36. The van der Waals surface area contributed by atoms with Crippen LogP contribution in [0, 0.1) is 5.92 Å². The lowest BCUT2D eigenvalue weighted by atomic mass is 10.0. The van der Waals surface area contributed by atoms with Crippen LogP contribution in [0.1, 0.15) is 43.1 Å². The van der Waals surface area contributed by atoms with Gasteiger partial charge < -0.3 is 15.0 Å². The average molecular weight is 332 g/mol. The van der Waals surface area contributed by atoms with Gasteiger partial charge in [0.05, 0.1) is 6.61 Å². The van der Waals surface area contributed by atoms with E-state index in [9.17, 15) is 14.4 Å². The van der Waals surface area contributed by atoms with Crippen LogP contribution in [0.3, 0.4) is 0 Å². The van der Waals surface area contributed by atoms with Crippen LogP contribution in [0.4, 0.5) is 0 Å². The number of ether oxygens (including phenoxy) is 1. The zero-order chi connectivity index (χ0) is 17.7. The molecule has 130 valence electrons. The molecule has 2 amide bonds. The lowest BCUT2D eigenvalue weighted by molar-refractivity contribution is -0.143. The van der Waals surface area contributed by atoms with E-state index in [2.05, 4.69) is 5.32 Å². The fourth-order valence-electron chi connectivity index (χ4n) is 2.84. The van der Waals surface area contributed by atoms with Crippen LogP contribution in [-0.2, 0) is 20.9 Å². The molecule has 0 bridgehead atoms. The van der Waals surface area contributed by atoms with Crippen molar-refractivity contribution in [3.8, 4) is 0 Å². The number of nitrogens with zero attached hydrogens (tertiary/aromatic N) is 1. The molecule has 0 aliphatic carbocycles. The molecule has 0 saturated carbocycles. The van der Waals surface area contributed by atoms with E-state index >= 15 is 0 Å². The highest BCUT2D eigenvalue weighted by molar-refractivity contribution is 6.01. The van der Waals surface area contributed by atoms with Crippen molar-refractivity contribution in [1.29, 1.82) is 0 Å². The molecule has 24 heavy (non-hydrogen) atoms. The summed E-state index contributed by atoms with van der Waals surface area (Å²) in [4.78, 5) is 38.2. The van der Waals surface area contributed by atoms with Crippen molar-refractivity contribution in [3.05, 3.63) is 35.4 Å². The summed E-state index contributed by atoms with van der Waals surface area (Å²) in [6.45, 7) is 6.21. The SMILES string of the molecule is CCOC(=O)CNC(=O)C(CC(C)C)N1Cc2ccccc2C1=O. The molecule has 0 saturated heterocycles. The number of nitrogens with one attached hydrogen (secondary N) is 1. The van der Waals surface area contributed by atoms with Crippen molar-refractivity contribution >= 4 is 17.8 Å². The normalized spacial score (nSPS) is 14.5. The summed E-state index contributed by atoms with van der Waals surface area (Å²) in [5, 5.41) is 2.59. The molecule has 1 aromatic rings. The van der Waals surface area contributed by atoms with E-state index in [1.165, 1.54) is 0 Å². The second-order valence-corrected chi connectivity index (χ2v) is 6.26. The fraction of sp³-hybridized carbons (Fsp3) is 0.500. The van der Waals surface area contributed by atoms with Gasteiger partial charge in [0.15, 0.2) is 0 Å². The maximum atomic E-state index is 12.6. The molecule has 1 aliphatic rings. The van der Waals surface area contributed by atoms with Crippen LogP contribution in [0.2, 0.25) is 0 Å². The van der Waals surface area contributed by atoms with Gasteiger partial charge in [0, 0.05) is 12.1 Å². The average Bonchev–Trinajstić information content (AvgIpc) is 2.88. The zero-order valence-electron chi connectivity index (χ0n) is 14.4. The van der Waals surface area contributed by atoms with Crippen molar-refractivity contribution in [2.45, 2.75) is 39.8 Å². The second kappa shape index (κ2) is 7.95. The number of hydrogen-bond donors (Lipinski definition) is 1. The summed E-state index contributed by atoms with van der Waals surface area (Å²) in [7, 11) is 0. The first kappa shape index (κ1) is 18.0. The van der Waals surface area contributed by atoms with Crippen molar-refractivity contribution in [2.75, 3.05) is 13.2 Å². The van der Waals surface area contributed by atoms with E-state index in [4.69, 9.17) is 4.74 Å². The molecule has 1 atom stereocenters. The maximum absolute atomic E-state index is 12.6. The highest BCUT2D eigenvalue weighted by Crippen LogP contribution is 2.26. The molecule has 0 radical (unpaired) electrons. The molecule has 6 nitrogen and oxygen atoms in total. The molecule has 1 heterocycles. The van der Waals surface area contributed by atoms with E-state index in [0.29, 0.717) is 18.5 Å². The smallest absolute Gasteiger partial charge is 0.325 e. The molecular formula is C18H24N2O4. The Hall–Kier alpha value is -2.37. The summed E-state index contributed by atoms with van der Waals surface area (Å²) in [5.41, 5.74) is 1.57. The highest BCUT2D eigenvalue weighted by atomic mass is 16.5. The van der Waals surface area contributed by atoms with Crippen molar-refractivity contribution in [1.82, 2.24) is 10.2 Å². The van der Waals surface area contributed by atoms with Gasteiger partial charge in [-0.25, -0.2) is 0 Å². The van der Waals surface area contributed by atoms with Crippen molar-refractivity contribution in [2.24, 2.45) is 5.92 Å². The minimum atomic E-state index is -0.598. The molecule has 6 heteroatoms. The van der Waals surface area contributed by atoms with Crippen LogP contribution < -0.4 is 5.32 Å². The predicted molar refractivity (Wildman–Crippen MR) is 89.2 cm³/mol. The molecule has 0 fully saturated rings. The first-order chi connectivity index (χ1) is 11.4. The third kappa shape index (κ3) is 4.13. The first-order valence-electron chi connectivity index (χ1n) is 8.26. The number of carbonyl (C=O) groups is 3. The van der Waals surface area contributed by atoms with E-state index in [0.717, 1.165) is 5.56 Å². The van der Waals surface area contributed by atoms with Crippen LogP contribution in [0.25, 0.3) is 0 Å². The third-order valence-corrected chi connectivity index (χ3v) is 3.94. The molecular weight excluding hydrogens is 308 g/mol. The molecule has 2 rings (SSSR count). The summed E-state index contributed by atoms with van der Waals surface area (Å²) in [6, 6.07) is 6.78. The van der Waals surface area contributed by atoms with Gasteiger partial charge in [-0.05, 0) is 30.9 Å². The Balaban J connectivity index is 2.10. The number of hydrogen-bond acceptors (Lipinski definition) is 4. The number of carbonyl (C=O) groups excluding carboxylic acids is 3. The first-order valence-corrected chi connectivity index (χ1v) is 8.26. The Morgan fingerprint density at radius 2 is 2.00 bits per heavy atom. The maximum Gasteiger partial charge on any atom is 0.325 e. The lowest BCUT2D eigenvalue weighted by Crippen LogP contribution is -2.49. The van der Waals surface area contributed by atoms with E-state index in [1.807, 2.05) is 32.0 Å². The van der Waals surface area contributed by atoms with Crippen LogP contribution in [0.15, 0.2) is 24.3 Å². The van der Waals surface area contributed by atoms with Gasteiger partial charge in [0.2, 0.25) is 5.91 Å². The van der Waals surface area contributed by atoms with E-state index in [-0.39, 0.29) is 30.9 Å². The van der Waals surface area contributed by atoms with Gasteiger partial charge in [-0.3, -0.25) is 14.4 Å². The lowest BCUT2D eigenvalue weighted by Gasteiger charge is -2.28. The standard InChI is InChI=1S/C18H24N2O4/c1-4-24-16(21)10-19-17(22)15(9-12(2)3)20-11-13-7-5-6-8-14(13)18(20)23/h5-8,12,15H,4,9-11H2,1-3H3,(H,19,22). The Bertz CT molecular complexity index is 627. The van der Waals surface area contributed by atoms with E-state index < -0.39 is 12.0 Å². The van der Waals surface area contributed by atoms with Gasteiger partial charge in [0.1, 0.15) is 12.6 Å². The quantitative estimate of drug-likeness (QED) is 0.772. The minimum absolute atomic E-state index is 0.137.